The predicted molar refractivity (Wildman–Crippen MR) is 114 cm³/mol. The highest BCUT2D eigenvalue weighted by molar-refractivity contribution is 14.0. The van der Waals surface area contributed by atoms with E-state index >= 15 is 0 Å². The van der Waals surface area contributed by atoms with E-state index in [9.17, 15) is 4.79 Å². The van der Waals surface area contributed by atoms with Gasteiger partial charge in [-0.1, -0.05) is 36.8 Å². The van der Waals surface area contributed by atoms with E-state index in [0.717, 1.165) is 51.3 Å². The number of carbonyl (C=O) groups excluding carboxylic acids is 1. The maximum atomic E-state index is 12.0. The first-order valence-electron chi connectivity index (χ1n) is 8.94. The molecular formula is C19H31IN4O. The second kappa shape index (κ2) is 12.1. The molecule has 5 nitrogen and oxygen atoms in total. The summed E-state index contributed by atoms with van der Waals surface area (Å²) in [6.07, 6.45) is 5.03. The number of hydrogen-bond acceptors (Lipinski definition) is 2. The van der Waals surface area contributed by atoms with Crippen LogP contribution < -0.4 is 5.32 Å². The molecule has 1 amide bonds. The van der Waals surface area contributed by atoms with E-state index in [1.807, 2.05) is 42.1 Å². The highest BCUT2D eigenvalue weighted by atomic mass is 127. The third kappa shape index (κ3) is 8.07. The lowest BCUT2D eigenvalue weighted by Gasteiger charge is -2.22. The minimum Gasteiger partial charge on any atom is -0.356 e. The fourth-order valence-electron chi connectivity index (χ4n) is 2.85. The Morgan fingerprint density at radius 3 is 2.68 bits per heavy atom. The zero-order chi connectivity index (χ0) is 17.2. The molecule has 0 atom stereocenters. The van der Waals surface area contributed by atoms with E-state index in [4.69, 9.17) is 0 Å². The average molecular weight is 458 g/mol. The Kier molecular flexibility index (Phi) is 10.5. The summed E-state index contributed by atoms with van der Waals surface area (Å²) in [6, 6.07) is 10.3. The number of halogens is 1. The van der Waals surface area contributed by atoms with Gasteiger partial charge in [-0.15, -0.1) is 24.0 Å². The monoisotopic (exact) mass is 458 g/mol. The molecule has 25 heavy (non-hydrogen) atoms. The summed E-state index contributed by atoms with van der Waals surface area (Å²) >= 11 is 0. The fraction of sp³-hybridized carbons (Fsp3) is 0.579. The van der Waals surface area contributed by atoms with E-state index in [1.165, 1.54) is 12.0 Å². The summed E-state index contributed by atoms with van der Waals surface area (Å²) in [5, 5.41) is 3.40. The average Bonchev–Trinajstić information content (AvgIpc) is 2.79. The first-order valence-corrected chi connectivity index (χ1v) is 8.94. The molecule has 0 saturated carbocycles. The Morgan fingerprint density at radius 2 is 1.96 bits per heavy atom. The molecule has 1 heterocycles. The van der Waals surface area contributed by atoms with Crippen LogP contribution in [0.4, 0.5) is 0 Å². The van der Waals surface area contributed by atoms with Gasteiger partial charge in [0.25, 0.3) is 0 Å². The topological polar surface area (TPSA) is 47.9 Å². The highest BCUT2D eigenvalue weighted by Crippen LogP contribution is 2.11. The fourth-order valence-corrected chi connectivity index (χ4v) is 2.85. The molecule has 1 aliphatic heterocycles. The van der Waals surface area contributed by atoms with Gasteiger partial charge in [0.05, 0.1) is 6.54 Å². The van der Waals surface area contributed by atoms with Gasteiger partial charge in [0.2, 0.25) is 5.91 Å². The van der Waals surface area contributed by atoms with Crippen molar-refractivity contribution in [1.29, 1.82) is 0 Å². The van der Waals surface area contributed by atoms with Gasteiger partial charge in [-0.25, -0.2) is 4.99 Å². The smallest absolute Gasteiger partial charge is 0.222 e. The van der Waals surface area contributed by atoms with Crippen molar-refractivity contribution in [2.45, 2.75) is 38.6 Å². The lowest BCUT2D eigenvalue weighted by atomic mass is 10.2. The van der Waals surface area contributed by atoms with Gasteiger partial charge >= 0.3 is 0 Å². The van der Waals surface area contributed by atoms with Crippen LogP contribution in [0.25, 0.3) is 0 Å². The number of likely N-dealkylation sites (tertiary alicyclic amines) is 1. The lowest BCUT2D eigenvalue weighted by Crippen LogP contribution is -2.39. The van der Waals surface area contributed by atoms with Gasteiger partial charge in [0.15, 0.2) is 5.96 Å². The number of nitrogens with zero attached hydrogens (tertiary/aromatic N) is 3. The number of nitrogens with one attached hydrogen (secondary N) is 1. The molecule has 0 unspecified atom stereocenters. The molecule has 0 spiro atoms. The van der Waals surface area contributed by atoms with Crippen LogP contribution in [0.5, 0.6) is 0 Å². The third-order valence-corrected chi connectivity index (χ3v) is 4.24. The van der Waals surface area contributed by atoms with Gasteiger partial charge in [0, 0.05) is 40.2 Å². The normalized spacial score (nSPS) is 15.4. The zero-order valence-electron chi connectivity index (χ0n) is 15.4. The van der Waals surface area contributed by atoms with Crippen molar-refractivity contribution in [3.05, 3.63) is 35.9 Å². The maximum absolute atomic E-state index is 12.0. The molecule has 2 rings (SSSR count). The zero-order valence-corrected chi connectivity index (χ0v) is 17.7. The van der Waals surface area contributed by atoms with Gasteiger partial charge in [0.1, 0.15) is 0 Å². The minimum atomic E-state index is 0. The molecule has 6 heteroatoms. The Labute approximate surface area is 168 Å². The quantitative estimate of drug-likeness (QED) is 0.309. The van der Waals surface area contributed by atoms with Crippen molar-refractivity contribution in [2.75, 3.05) is 33.7 Å². The molecule has 1 fully saturated rings. The molecule has 0 bridgehead atoms. The summed E-state index contributed by atoms with van der Waals surface area (Å²) in [6.45, 7) is 3.26. The van der Waals surface area contributed by atoms with Crippen LogP contribution in [-0.2, 0) is 11.3 Å². The van der Waals surface area contributed by atoms with E-state index in [2.05, 4.69) is 22.4 Å². The minimum absolute atomic E-state index is 0. The van der Waals surface area contributed by atoms with Gasteiger partial charge in [-0.05, 0) is 24.8 Å². The summed E-state index contributed by atoms with van der Waals surface area (Å²) in [7, 11) is 3.99. The molecular weight excluding hydrogens is 427 g/mol. The van der Waals surface area contributed by atoms with Crippen molar-refractivity contribution in [2.24, 2.45) is 4.99 Å². The standard InChI is InChI=1S/C19H30N4O.HI/c1-22(2)19(21-16-17-10-5-3-6-11-17)20-13-9-15-23-14-8-4-7-12-18(23)24;/h3,5-6,10-11H,4,7-9,12-16H2,1-2H3,(H,20,21);1H. The highest BCUT2D eigenvalue weighted by Gasteiger charge is 2.15. The van der Waals surface area contributed by atoms with Crippen LogP contribution in [0.2, 0.25) is 0 Å². The van der Waals surface area contributed by atoms with E-state index < -0.39 is 0 Å². The number of benzene rings is 1. The molecule has 1 saturated heterocycles. The Morgan fingerprint density at radius 1 is 1.20 bits per heavy atom. The molecule has 0 aromatic heterocycles. The van der Waals surface area contributed by atoms with Crippen LogP contribution in [0.3, 0.4) is 0 Å². The number of carbonyl (C=O) groups is 1. The molecule has 0 radical (unpaired) electrons. The van der Waals surface area contributed by atoms with Crippen molar-refractivity contribution in [3.63, 3.8) is 0 Å². The molecule has 140 valence electrons. The SMILES string of the molecule is CN(C)C(=NCc1ccccc1)NCCCN1CCCCCC1=O.I. The van der Waals surface area contributed by atoms with Gasteiger partial charge < -0.3 is 15.1 Å². The first-order chi connectivity index (χ1) is 11.7. The van der Waals surface area contributed by atoms with Crippen LogP contribution in [0.1, 0.15) is 37.7 Å². The Bertz CT molecular complexity index is 533. The van der Waals surface area contributed by atoms with E-state index in [-0.39, 0.29) is 24.0 Å². The van der Waals surface area contributed by atoms with Crippen LogP contribution in [-0.4, -0.2) is 55.4 Å². The lowest BCUT2D eigenvalue weighted by molar-refractivity contribution is -0.130. The maximum Gasteiger partial charge on any atom is 0.222 e. The summed E-state index contributed by atoms with van der Waals surface area (Å²) < 4.78 is 0. The number of rotatable bonds is 6. The summed E-state index contributed by atoms with van der Waals surface area (Å²) in [5.74, 6) is 1.21. The molecule has 1 aliphatic rings. The Hall–Kier alpha value is -1.31. The van der Waals surface area contributed by atoms with E-state index in [0.29, 0.717) is 12.5 Å². The number of aliphatic imine (C=N–C) groups is 1. The van der Waals surface area contributed by atoms with Crippen LogP contribution in [0, 0.1) is 0 Å². The number of guanidine groups is 1. The third-order valence-electron chi connectivity index (χ3n) is 4.24. The molecule has 0 aliphatic carbocycles. The largest absolute Gasteiger partial charge is 0.356 e. The Balaban J connectivity index is 0.00000312. The van der Waals surface area contributed by atoms with Crippen molar-refractivity contribution in [1.82, 2.24) is 15.1 Å². The number of hydrogen-bond donors (Lipinski definition) is 1. The summed E-state index contributed by atoms with van der Waals surface area (Å²) in [5.41, 5.74) is 1.20. The van der Waals surface area contributed by atoms with Crippen LogP contribution in [0.15, 0.2) is 35.3 Å². The van der Waals surface area contributed by atoms with E-state index in [1.54, 1.807) is 0 Å². The second-order valence-electron chi connectivity index (χ2n) is 6.49. The van der Waals surface area contributed by atoms with Crippen molar-refractivity contribution in [3.8, 4) is 0 Å². The predicted octanol–water partition coefficient (Wildman–Crippen LogP) is 3.10. The molecule has 1 aromatic rings. The second-order valence-corrected chi connectivity index (χ2v) is 6.49. The van der Waals surface area contributed by atoms with Crippen molar-refractivity contribution >= 4 is 35.8 Å². The van der Waals surface area contributed by atoms with Crippen LogP contribution >= 0.6 is 24.0 Å². The summed E-state index contributed by atoms with van der Waals surface area (Å²) in [4.78, 5) is 20.7. The molecule has 1 N–H and O–H groups in total. The van der Waals surface area contributed by atoms with Crippen molar-refractivity contribution < 1.29 is 4.79 Å². The molecule has 1 aromatic carbocycles. The number of amides is 1. The van der Waals surface area contributed by atoms with Gasteiger partial charge in [-0.3, -0.25) is 4.79 Å². The van der Waals surface area contributed by atoms with Gasteiger partial charge in [-0.2, -0.15) is 0 Å². The first kappa shape index (κ1) is 21.7.